The minimum Gasteiger partial charge on any atom is -0.339 e. The van der Waals surface area contributed by atoms with Gasteiger partial charge in [-0.15, -0.1) is 0 Å². The summed E-state index contributed by atoms with van der Waals surface area (Å²) < 4.78 is 0. The first-order chi connectivity index (χ1) is 9.75. The summed E-state index contributed by atoms with van der Waals surface area (Å²) in [5.74, 6) is 0.930. The summed E-state index contributed by atoms with van der Waals surface area (Å²) in [6.07, 6.45) is 3.58. The van der Waals surface area contributed by atoms with Gasteiger partial charge >= 0.3 is 0 Å². The molecule has 2 atom stereocenters. The zero-order valence-corrected chi connectivity index (χ0v) is 12.2. The van der Waals surface area contributed by atoms with Crippen molar-refractivity contribution >= 4 is 5.91 Å². The third-order valence-electron chi connectivity index (χ3n) is 4.56. The lowest BCUT2D eigenvalue weighted by Gasteiger charge is -2.28. The Morgan fingerprint density at radius 1 is 1.30 bits per heavy atom. The average molecular weight is 272 g/mol. The number of rotatable bonds is 5. The Labute approximate surface area is 121 Å². The summed E-state index contributed by atoms with van der Waals surface area (Å²) >= 11 is 0. The molecule has 20 heavy (non-hydrogen) atoms. The SMILES string of the molecule is C[C@H](C(=O)N(C[C@H]1CCNC1)C1CC1)c1ccccc1. The van der Waals surface area contributed by atoms with Crippen LogP contribution in [0.15, 0.2) is 30.3 Å². The van der Waals surface area contributed by atoms with E-state index in [1.165, 1.54) is 19.3 Å². The second-order valence-electron chi connectivity index (χ2n) is 6.21. The maximum Gasteiger partial charge on any atom is 0.230 e. The normalized spacial score (nSPS) is 23.6. The van der Waals surface area contributed by atoms with Gasteiger partial charge in [0.1, 0.15) is 0 Å². The van der Waals surface area contributed by atoms with Crippen molar-refractivity contribution in [3.8, 4) is 0 Å². The molecule has 2 aliphatic rings. The van der Waals surface area contributed by atoms with Crippen molar-refractivity contribution in [3.63, 3.8) is 0 Å². The largest absolute Gasteiger partial charge is 0.339 e. The van der Waals surface area contributed by atoms with Gasteiger partial charge in [0.15, 0.2) is 0 Å². The van der Waals surface area contributed by atoms with Crippen LogP contribution in [0.2, 0.25) is 0 Å². The van der Waals surface area contributed by atoms with Crippen LogP contribution in [0.1, 0.15) is 37.7 Å². The third-order valence-corrected chi connectivity index (χ3v) is 4.56. The van der Waals surface area contributed by atoms with Crippen molar-refractivity contribution in [2.45, 2.75) is 38.1 Å². The van der Waals surface area contributed by atoms with E-state index in [0.29, 0.717) is 17.9 Å². The number of carbonyl (C=O) groups excluding carboxylic acids is 1. The second kappa shape index (κ2) is 5.96. The number of nitrogens with one attached hydrogen (secondary N) is 1. The van der Waals surface area contributed by atoms with E-state index in [1.54, 1.807) is 0 Å². The van der Waals surface area contributed by atoms with Gasteiger partial charge in [-0.25, -0.2) is 0 Å². The predicted octanol–water partition coefficient (Wildman–Crippen LogP) is 2.39. The molecule has 0 aromatic heterocycles. The zero-order valence-electron chi connectivity index (χ0n) is 12.2. The van der Waals surface area contributed by atoms with Crippen LogP contribution in [0.3, 0.4) is 0 Å². The van der Waals surface area contributed by atoms with Crippen LogP contribution < -0.4 is 5.32 Å². The number of nitrogens with zero attached hydrogens (tertiary/aromatic N) is 1. The molecule has 1 saturated heterocycles. The summed E-state index contributed by atoms with van der Waals surface area (Å²) in [5.41, 5.74) is 1.13. The monoisotopic (exact) mass is 272 g/mol. The van der Waals surface area contributed by atoms with Gasteiger partial charge in [-0.05, 0) is 50.8 Å². The number of amides is 1. The third kappa shape index (κ3) is 3.04. The molecular formula is C17H24N2O. The molecule has 0 spiro atoms. The lowest BCUT2D eigenvalue weighted by atomic mass is 9.98. The molecule has 1 saturated carbocycles. The fourth-order valence-electron chi connectivity index (χ4n) is 3.09. The summed E-state index contributed by atoms with van der Waals surface area (Å²) in [6, 6.07) is 10.7. The van der Waals surface area contributed by atoms with Crippen molar-refractivity contribution in [3.05, 3.63) is 35.9 Å². The molecule has 1 aromatic rings. The average Bonchev–Trinajstić information content (AvgIpc) is 3.21. The minimum absolute atomic E-state index is 0.0221. The highest BCUT2D eigenvalue weighted by atomic mass is 16.2. The topological polar surface area (TPSA) is 32.3 Å². The Hall–Kier alpha value is -1.35. The number of hydrogen-bond donors (Lipinski definition) is 1. The lowest BCUT2D eigenvalue weighted by Crippen LogP contribution is -2.40. The van der Waals surface area contributed by atoms with Crippen LogP contribution in [0, 0.1) is 5.92 Å². The molecule has 1 aromatic carbocycles. The van der Waals surface area contributed by atoms with Gasteiger partial charge in [0.25, 0.3) is 0 Å². The molecule has 3 heteroatoms. The highest BCUT2D eigenvalue weighted by molar-refractivity contribution is 5.83. The molecule has 1 aliphatic carbocycles. The molecule has 1 amide bonds. The maximum absolute atomic E-state index is 12.8. The molecule has 0 unspecified atom stereocenters. The standard InChI is InChI=1S/C17H24N2O/c1-13(15-5-3-2-4-6-15)17(20)19(16-7-8-16)12-14-9-10-18-11-14/h2-6,13-14,16,18H,7-12H2,1H3/t13-,14-/m0/s1. The molecule has 1 N–H and O–H groups in total. The molecule has 3 rings (SSSR count). The maximum atomic E-state index is 12.8. The van der Waals surface area contributed by atoms with Crippen LogP contribution in [-0.2, 0) is 4.79 Å². The molecule has 0 bridgehead atoms. The summed E-state index contributed by atoms with van der Waals surface area (Å²) in [7, 11) is 0. The number of benzene rings is 1. The highest BCUT2D eigenvalue weighted by Gasteiger charge is 2.36. The highest BCUT2D eigenvalue weighted by Crippen LogP contribution is 2.31. The van der Waals surface area contributed by atoms with E-state index in [0.717, 1.165) is 25.2 Å². The summed E-state index contributed by atoms with van der Waals surface area (Å²) in [4.78, 5) is 15.0. The van der Waals surface area contributed by atoms with Crippen LogP contribution in [0.5, 0.6) is 0 Å². The second-order valence-corrected chi connectivity index (χ2v) is 6.21. The van der Waals surface area contributed by atoms with Gasteiger partial charge in [0.05, 0.1) is 5.92 Å². The van der Waals surface area contributed by atoms with E-state index in [9.17, 15) is 4.79 Å². The van der Waals surface area contributed by atoms with Crippen LogP contribution in [0.25, 0.3) is 0 Å². The number of carbonyl (C=O) groups is 1. The van der Waals surface area contributed by atoms with Crippen LogP contribution >= 0.6 is 0 Å². The van der Waals surface area contributed by atoms with Crippen molar-refractivity contribution in [1.29, 1.82) is 0 Å². The summed E-state index contributed by atoms with van der Waals surface area (Å²) in [6.45, 7) is 5.15. The molecule has 1 heterocycles. The van der Waals surface area contributed by atoms with E-state index < -0.39 is 0 Å². The Bertz CT molecular complexity index is 449. The first-order valence-corrected chi connectivity index (χ1v) is 7.82. The van der Waals surface area contributed by atoms with Gasteiger partial charge in [0.2, 0.25) is 5.91 Å². The fourth-order valence-corrected chi connectivity index (χ4v) is 3.09. The van der Waals surface area contributed by atoms with E-state index in [2.05, 4.69) is 22.3 Å². The first kappa shape index (κ1) is 13.6. The minimum atomic E-state index is -0.0221. The molecule has 3 nitrogen and oxygen atoms in total. The predicted molar refractivity (Wildman–Crippen MR) is 80.6 cm³/mol. The zero-order chi connectivity index (χ0) is 13.9. The van der Waals surface area contributed by atoms with Gasteiger partial charge in [-0.2, -0.15) is 0 Å². The van der Waals surface area contributed by atoms with Crippen LogP contribution in [-0.4, -0.2) is 36.5 Å². The molecule has 108 valence electrons. The fraction of sp³-hybridized carbons (Fsp3) is 0.588. The van der Waals surface area contributed by atoms with E-state index >= 15 is 0 Å². The Morgan fingerprint density at radius 2 is 2.05 bits per heavy atom. The lowest BCUT2D eigenvalue weighted by molar-refractivity contribution is -0.133. The Kier molecular flexibility index (Phi) is 4.06. The van der Waals surface area contributed by atoms with E-state index in [1.807, 2.05) is 25.1 Å². The van der Waals surface area contributed by atoms with Crippen molar-refractivity contribution in [1.82, 2.24) is 10.2 Å². The smallest absolute Gasteiger partial charge is 0.230 e. The molecule has 2 fully saturated rings. The van der Waals surface area contributed by atoms with Gasteiger partial charge in [0, 0.05) is 12.6 Å². The van der Waals surface area contributed by atoms with Crippen molar-refractivity contribution in [2.24, 2.45) is 5.92 Å². The van der Waals surface area contributed by atoms with Gasteiger partial charge in [-0.1, -0.05) is 30.3 Å². The first-order valence-electron chi connectivity index (χ1n) is 7.82. The summed E-state index contributed by atoms with van der Waals surface area (Å²) in [5, 5.41) is 3.40. The molecule has 1 aliphatic heterocycles. The van der Waals surface area contributed by atoms with Crippen molar-refractivity contribution in [2.75, 3.05) is 19.6 Å². The van der Waals surface area contributed by atoms with Gasteiger partial charge < -0.3 is 10.2 Å². The number of hydrogen-bond acceptors (Lipinski definition) is 2. The van der Waals surface area contributed by atoms with Crippen LogP contribution in [0.4, 0.5) is 0 Å². The van der Waals surface area contributed by atoms with E-state index in [-0.39, 0.29) is 5.92 Å². The van der Waals surface area contributed by atoms with Crippen molar-refractivity contribution < 1.29 is 4.79 Å². The van der Waals surface area contributed by atoms with Gasteiger partial charge in [-0.3, -0.25) is 4.79 Å². The quantitative estimate of drug-likeness (QED) is 0.892. The Morgan fingerprint density at radius 3 is 2.65 bits per heavy atom. The molecule has 0 radical (unpaired) electrons. The molecular weight excluding hydrogens is 248 g/mol. The van der Waals surface area contributed by atoms with E-state index in [4.69, 9.17) is 0 Å². The Balaban J connectivity index is 1.68.